The highest BCUT2D eigenvalue weighted by Crippen LogP contribution is 2.19. The van der Waals surface area contributed by atoms with Crippen LogP contribution < -0.4 is 4.72 Å². The second-order valence-electron chi connectivity index (χ2n) is 5.65. The summed E-state index contributed by atoms with van der Waals surface area (Å²) in [5, 5.41) is 0. The highest BCUT2D eigenvalue weighted by molar-refractivity contribution is 7.91. The predicted molar refractivity (Wildman–Crippen MR) is 97.1 cm³/mol. The van der Waals surface area contributed by atoms with Crippen molar-refractivity contribution < 1.29 is 8.42 Å². The number of anilines is 1. The zero-order valence-corrected chi connectivity index (χ0v) is 14.1. The lowest BCUT2D eigenvalue weighted by Gasteiger charge is -2.09. The zero-order valence-electron chi connectivity index (χ0n) is 13.3. The highest BCUT2D eigenvalue weighted by Gasteiger charge is 2.12. The SMILES string of the molecule is Cc1cccc(CS(=O)(=O)Nc2ccc(-c3ccccc3)nc2)c1. The molecule has 0 atom stereocenters. The van der Waals surface area contributed by atoms with E-state index in [4.69, 9.17) is 0 Å². The number of aryl methyl sites for hydroxylation is 1. The van der Waals surface area contributed by atoms with Crippen molar-refractivity contribution in [3.63, 3.8) is 0 Å². The molecule has 122 valence electrons. The summed E-state index contributed by atoms with van der Waals surface area (Å²) >= 11 is 0. The number of benzene rings is 2. The number of nitrogens with one attached hydrogen (secondary N) is 1. The number of nitrogens with zero attached hydrogens (tertiary/aromatic N) is 1. The summed E-state index contributed by atoms with van der Waals surface area (Å²) in [6.07, 6.45) is 1.54. The van der Waals surface area contributed by atoms with Crippen LogP contribution in [0.3, 0.4) is 0 Å². The fourth-order valence-corrected chi connectivity index (χ4v) is 3.64. The monoisotopic (exact) mass is 338 g/mol. The van der Waals surface area contributed by atoms with Crippen LogP contribution >= 0.6 is 0 Å². The van der Waals surface area contributed by atoms with Crippen molar-refractivity contribution in [2.45, 2.75) is 12.7 Å². The third kappa shape index (κ3) is 4.20. The van der Waals surface area contributed by atoms with Crippen LogP contribution in [0.5, 0.6) is 0 Å². The van der Waals surface area contributed by atoms with Gasteiger partial charge in [-0.05, 0) is 24.6 Å². The molecule has 1 N–H and O–H groups in total. The molecule has 0 saturated carbocycles. The molecule has 0 radical (unpaired) electrons. The van der Waals surface area contributed by atoms with Gasteiger partial charge in [0, 0.05) is 5.56 Å². The van der Waals surface area contributed by atoms with Crippen LogP contribution in [0, 0.1) is 6.92 Å². The van der Waals surface area contributed by atoms with E-state index in [1.165, 1.54) is 6.20 Å². The molecule has 0 amide bonds. The number of rotatable bonds is 5. The topological polar surface area (TPSA) is 59.1 Å². The van der Waals surface area contributed by atoms with Crippen LogP contribution in [0.25, 0.3) is 11.3 Å². The van der Waals surface area contributed by atoms with Gasteiger partial charge in [0.2, 0.25) is 10.0 Å². The lowest BCUT2D eigenvalue weighted by molar-refractivity contribution is 0.600. The third-order valence-corrected chi connectivity index (χ3v) is 4.81. The Balaban J connectivity index is 1.73. The molecule has 2 aromatic carbocycles. The fraction of sp³-hybridized carbons (Fsp3) is 0.105. The summed E-state index contributed by atoms with van der Waals surface area (Å²) in [6.45, 7) is 1.94. The normalized spacial score (nSPS) is 11.2. The zero-order chi connectivity index (χ0) is 17.0. The maximum atomic E-state index is 12.3. The summed E-state index contributed by atoms with van der Waals surface area (Å²) < 4.78 is 27.2. The van der Waals surface area contributed by atoms with Gasteiger partial charge in [0.15, 0.2) is 0 Å². The molecule has 3 rings (SSSR count). The molecular formula is C19H18N2O2S. The Morgan fingerprint density at radius 2 is 1.75 bits per heavy atom. The van der Waals surface area contributed by atoms with E-state index >= 15 is 0 Å². The van der Waals surface area contributed by atoms with Gasteiger partial charge >= 0.3 is 0 Å². The smallest absolute Gasteiger partial charge is 0.236 e. The minimum absolute atomic E-state index is 0.0604. The van der Waals surface area contributed by atoms with Crippen LogP contribution in [-0.2, 0) is 15.8 Å². The van der Waals surface area contributed by atoms with Gasteiger partial charge in [-0.2, -0.15) is 0 Å². The maximum Gasteiger partial charge on any atom is 0.236 e. The number of aromatic nitrogens is 1. The quantitative estimate of drug-likeness (QED) is 0.765. The average Bonchev–Trinajstić information content (AvgIpc) is 2.55. The van der Waals surface area contributed by atoms with Crippen molar-refractivity contribution in [3.05, 3.63) is 84.1 Å². The molecule has 1 heterocycles. The molecule has 0 spiro atoms. The molecule has 0 fully saturated rings. The van der Waals surface area contributed by atoms with Gasteiger partial charge in [-0.25, -0.2) is 8.42 Å². The summed E-state index contributed by atoms with van der Waals surface area (Å²) in [5.74, 6) is -0.0604. The van der Waals surface area contributed by atoms with Gasteiger partial charge < -0.3 is 0 Å². The summed E-state index contributed by atoms with van der Waals surface area (Å²) in [4.78, 5) is 4.33. The molecule has 3 aromatic rings. The van der Waals surface area contributed by atoms with E-state index < -0.39 is 10.0 Å². The largest absolute Gasteiger partial charge is 0.282 e. The number of pyridine rings is 1. The predicted octanol–water partition coefficient (Wildman–Crippen LogP) is 4.00. The average molecular weight is 338 g/mol. The van der Waals surface area contributed by atoms with Crippen molar-refractivity contribution in [2.75, 3.05) is 4.72 Å². The first-order valence-corrected chi connectivity index (χ1v) is 9.25. The van der Waals surface area contributed by atoms with E-state index in [9.17, 15) is 8.42 Å². The Labute approximate surface area is 142 Å². The standard InChI is InChI=1S/C19H18N2O2S/c1-15-6-5-7-16(12-15)14-24(22,23)21-18-10-11-19(20-13-18)17-8-3-2-4-9-17/h2-13,21H,14H2,1H3. The Bertz CT molecular complexity index is 921. The highest BCUT2D eigenvalue weighted by atomic mass is 32.2. The molecule has 24 heavy (non-hydrogen) atoms. The Morgan fingerprint density at radius 1 is 0.958 bits per heavy atom. The number of sulfonamides is 1. The van der Waals surface area contributed by atoms with Gasteiger partial charge in [0.05, 0.1) is 23.3 Å². The molecule has 0 saturated heterocycles. The van der Waals surface area contributed by atoms with Crippen LogP contribution in [0.4, 0.5) is 5.69 Å². The summed E-state index contributed by atoms with van der Waals surface area (Å²) in [6, 6.07) is 20.8. The Kier molecular flexibility index (Phi) is 4.62. The van der Waals surface area contributed by atoms with Gasteiger partial charge in [0.1, 0.15) is 0 Å². The van der Waals surface area contributed by atoms with Crippen molar-refractivity contribution in [2.24, 2.45) is 0 Å². The molecule has 0 aliphatic heterocycles. The van der Waals surface area contributed by atoms with E-state index in [2.05, 4.69) is 9.71 Å². The number of hydrogen-bond donors (Lipinski definition) is 1. The van der Waals surface area contributed by atoms with E-state index in [0.717, 1.165) is 22.4 Å². The van der Waals surface area contributed by atoms with Crippen molar-refractivity contribution in [3.8, 4) is 11.3 Å². The lowest BCUT2D eigenvalue weighted by atomic mass is 10.1. The van der Waals surface area contributed by atoms with E-state index in [0.29, 0.717) is 5.69 Å². The summed E-state index contributed by atoms with van der Waals surface area (Å²) in [5.41, 5.74) is 4.05. The van der Waals surface area contributed by atoms with Crippen LogP contribution in [0.1, 0.15) is 11.1 Å². The molecule has 0 unspecified atom stereocenters. The Hall–Kier alpha value is -2.66. The Morgan fingerprint density at radius 3 is 2.42 bits per heavy atom. The lowest BCUT2D eigenvalue weighted by Crippen LogP contribution is -2.15. The van der Waals surface area contributed by atoms with Crippen molar-refractivity contribution in [1.29, 1.82) is 0 Å². The van der Waals surface area contributed by atoms with Crippen LogP contribution in [0.2, 0.25) is 0 Å². The third-order valence-electron chi connectivity index (χ3n) is 3.55. The van der Waals surface area contributed by atoms with Crippen LogP contribution in [-0.4, -0.2) is 13.4 Å². The minimum atomic E-state index is -3.47. The molecule has 0 aliphatic rings. The van der Waals surface area contributed by atoms with Crippen LogP contribution in [0.15, 0.2) is 72.9 Å². The van der Waals surface area contributed by atoms with Gasteiger partial charge in [-0.3, -0.25) is 9.71 Å². The second-order valence-corrected chi connectivity index (χ2v) is 7.37. The van der Waals surface area contributed by atoms with Crippen molar-refractivity contribution in [1.82, 2.24) is 4.98 Å². The first kappa shape index (κ1) is 16.2. The van der Waals surface area contributed by atoms with Gasteiger partial charge in [-0.15, -0.1) is 0 Å². The number of hydrogen-bond acceptors (Lipinski definition) is 3. The second kappa shape index (κ2) is 6.84. The van der Waals surface area contributed by atoms with E-state index in [1.807, 2.05) is 61.5 Å². The van der Waals surface area contributed by atoms with Gasteiger partial charge in [0.25, 0.3) is 0 Å². The molecule has 5 heteroatoms. The minimum Gasteiger partial charge on any atom is -0.282 e. The first-order valence-electron chi connectivity index (χ1n) is 7.59. The van der Waals surface area contributed by atoms with E-state index in [1.54, 1.807) is 12.1 Å². The molecular weight excluding hydrogens is 320 g/mol. The van der Waals surface area contributed by atoms with E-state index in [-0.39, 0.29) is 5.75 Å². The first-order chi connectivity index (χ1) is 11.5. The molecule has 0 aliphatic carbocycles. The summed E-state index contributed by atoms with van der Waals surface area (Å²) in [7, 11) is -3.47. The van der Waals surface area contributed by atoms with Crippen molar-refractivity contribution >= 4 is 15.7 Å². The molecule has 1 aromatic heterocycles. The van der Waals surface area contributed by atoms with Gasteiger partial charge in [-0.1, -0.05) is 60.2 Å². The maximum absolute atomic E-state index is 12.3. The fourth-order valence-electron chi connectivity index (χ4n) is 2.47. The molecule has 0 bridgehead atoms. The molecule has 4 nitrogen and oxygen atoms in total.